The molecule has 0 saturated carbocycles. The molecular formula is C16H13N3O2. The average molecular weight is 279 g/mol. The second kappa shape index (κ2) is 4.63. The molecule has 21 heavy (non-hydrogen) atoms. The third-order valence-corrected chi connectivity index (χ3v) is 3.41. The summed E-state index contributed by atoms with van der Waals surface area (Å²) in [4.78, 5) is 8.63. The average Bonchev–Trinajstić information content (AvgIpc) is 2.93. The molecule has 0 aliphatic carbocycles. The van der Waals surface area contributed by atoms with Gasteiger partial charge in [-0.1, -0.05) is 12.1 Å². The molecule has 2 aromatic carbocycles. The molecule has 0 bridgehead atoms. The van der Waals surface area contributed by atoms with Gasteiger partial charge in [0.25, 0.3) is 0 Å². The van der Waals surface area contributed by atoms with Crippen LogP contribution in [0.4, 0.5) is 11.5 Å². The molecule has 5 nitrogen and oxygen atoms in total. The van der Waals surface area contributed by atoms with Crippen LogP contribution in [0.2, 0.25) is 0 Å². The topological polar surface area (TPSA) is 56.3 Å². The number of hydrogen-bond donors (Lipinski definition) is 1. The standard InChI is InChI=1S/C16H13N3O2/c1-10-3-2-4-11(5-10)19-16-12-6-14-15(21-9-20-14)7-13(12)17-8-18-16/h2-8H,9H2,1H3,(H,17,18,19). The number of nitrogens with one attached hydrogen (secondary N) is 1. The Hall–Kier alpha value is -2.82. The molecule has 0 spiro atoms. The van der Waals surface area contributed by atoms with E-state index in [0.29, 0.717) is 0 Å². The van der Waals surface area contributed by atoms with E-state index in [1.807, 2.05) is 24.3 Å². The highest BCUT2D eigenvalue weighted by Gasteiger charge is 2.16. The van der Waals surface area contributed by atoms with Crippen molar-refractivity contribution < 1.29 is 9.47 Å². The zero-order valence-corrected chi connectivity index (χ0v) is 11.5. The van der Waals surface area contributed by atoms with Crippen LogP contribution in [0.1, 0.15) is 5.56 Å². The van der Waals surface area contributed by atoms with E-state index in [1.54, 1.807) is 6.33 Å². The number of ether oxygens (including phenoxy) is 2. The lowest BCUT2D eigenvalue weighted by Gasteiger charge is -2.09. The second-order valence-corrected chi connectivity index (χ2v) is 4.94. The molecule has 1 aliphatic rings. The Bertz CT molecular complexity index is 833. The summed E-state index contributed by atoms with van der Waals surface area (Å²) in [7, 11) is 0. The first-order valence-electron chi connectivity index (χ1n) is 6.68. The fraction of sp³-hybridized carbons (Fsp3) is 0.125. The quantitative estimate of drug-likeness (QED) is 0.779. The van der Waals surface area contributed by atoms with Crippen LogP contribution in [0.3, 0.4) is 0 Å². The lowest BCUT2D eigenvalue weighted by Crippen LogP contribution is -1.96. The largest absolute Gasteiger partial charge is 0.454 e. The molecular weight excluding hydrogens is 266 g/mol. The van der Waals surface area contributed by atoms with Crippen LogP contribution in [0.15, 0.2) is 42.7 Å². The number of aryl methyl sites for hydroxylation is 1. The van der Waals surface area contributed by atoms with Crippen molar-refractivity contribution in [2.75, 3.05) is 12.1 Å². The molecule has 1 aromatic heterocycles. The highest BCUT2D eigenvalue weighted by atomic mass is 16.7. The van der Waals surface area contributed by atoms with E-state index in [9.17, 15) is 0 Å². The van der Waals surface area contributed by atoms with Crippen molar-refractivity contribution in [3.8, 4) is 11.5 Å². The molecule has 5 heteroatoms. The summed E-state index contributed by atoms with van der Waals surface area (Å²) in [5, 5.41) is 4.24. The van der Waals surface area contributed by atoms with Crippen molar-refractivity contribution >= 4 is 22.4 Å². The van der Waals surface area contributed by atoms with E-state index in [4.69, 9.17) is 9.47 Å². The van der Waals surface area contributed by atoms with Crippen molar-refractivity contribution in [3.05, 3.63) is 48.3 Å². The zero-order chi connectivity index (χ0) is 14.2. The fourth-order valence-corrected chi connectivity index (χ4v) is 2.41. The molecule has 0 atom stereocenters. The summed E-state index contributed by atoms with van der Waals surface area (Å²) in [6.45, 7) is 2.31. The number of nitrogens with zero attached hydrogens (tertiary/aromatic N) is 2. The zero-order valence-electron chi connectivity index (χ0n) is 11.5. The van der Waals surface area contributed by atoms with Gasteiger partial charge in [0, 0.05) is 17.1 Å². The Kier molecular flexibility index (Phi) is 2.64. The molecule has 2 heterocycles. The van der Waals surface area contributed by atoms with Crippen molar-refractivity contribution in [2.24, 2.45) is 0 Å². The van der Waals surface area contributed by atoms with E-state index < -0.39 is 0 Å². The minimum Gasteiger partial charge on any atom is -0.454 e. The van der Waals surface area contributed by atoms with Gasteiger partial charge in [-0.3, -0.25) is 0 Å². The van der Waals surface area contributed by atoms with E-state index in [0.717, 1.165) is 33.9 Å². The number of rotatable bonds is 2. The maximum Gasteiger partial charge on any atom is 0.231 e. The number of benzene rings is 2. The summed E-state index contributed by atoms with van der Waals surface area (Å²) in [6, 6.07) is 11.9. The second-order valence-electron chi connectivity index (χ2n) is 4.94. The Balaban J connectivity index is 1.81. The third kappa shape index (κ3) is 2.12. The van der Waals surface area contributed by atoms with Gasteiger partial charge in [-0.25, -0.2) is 9.97 Å². The van der Waals surface area contributed by atoms with Crippen LogP contribution in [-0.4, -0.2) is 16.8 Å². The number of fused-ring (bicyclic) bond motifs is 2. The van der Waals surface area contributed by atoms with Gasteiger partial charge in [0.2, 0.25) is 6.79 Å². The van der Waals surface area contributed by atoms with Crippen LogP contribution in [0.5, 0.6) is 11.5 Å². The van der Waals surface area contributed by atoms with Gasteiger partial charge in [0.15, 0.2) is 11.5 Å². The molecule has 1 aliphatic heterocycles. The number of anilines is 2. The highest BCUT2D eigenvalue weighted by Crippen LogP contribution is 2.37. The Morgan fingerprint density at radius 1 is 1.05 bits per heavy atom. The predicted octanol–water partition coefficient (Wildman–Crippen LogP) is 3.41. The smallest absolute Gasteiger partial charge is 0.231 e. The van der Waals surface area contributed by atoms with Gasteiger partial charge in [0.05, 0.1) is 5.52 Å². The molecule has 0 unspecified atom stereocenters. The predicted molar refractivity (Wildman–Crippen MR) is 80.1 cm³/mol. The van der Waals surface area contributed by atoms with E-state index >= 15 is 0 Å². The Morgan fingerprint density at radius 2 is 1.90 bits per heavy atom. The molecule has 4 rings (SSSR count). The van der Waals surface area contributed by atoms with E-state index in [1.165, 1.54) is 5.56 Å². The van der Waals surface area contributed by atoms with Gasteiger partial charge >= 0.3 is 0 Å². The first-order chi connectivity index (χ1) is 10.3. The Morgan fingerprint density at radius 3 is 2.76 bits per heavy atom. The van der Waals surface area contributed by atoms with Crippen LogP contribution >= 0.6 is 0 Å². The van der Waals surface area contributed by atoms with Gasteiger partial charge in [-0.15, -0.1) is 0 Å². The minimum atomic E-state index is 0.250. The normalized spacial score (nSPS) is 12.6. The number of aromatic nitrogens is 2. The molecule has 0 saturated heterocycles. The Labute approximate surface area is 121 Å². The maximum absolute atomic E-state index is 5.43. The SMILES string of the molecule is Cc1cccc(Nc2ncnc3cc4c(cc23)OCO4)c1. The molecule has 0 fully saturated rings. The van der Waals surface area contributed by atoms with Gasteiger partial charge in [-0.05, 0) is 30.7 Å². The molecule has 3 aromatic rings. The molecule has 0 amide bonds. The summed E-state index contributed by atoms with van der Waals surface area (Å²) in [6.07, 6.45) is 1.54. The van der Waals surface area contributed by atoms with Crippen LogP contribution in [0, 0.1) is 6.92 Å². The van der Waals surface area contributed by atoms with Crippen molar-refractivity contribution in [3.63, 3.8) is 0 Å². The van der Waals surface area contributed by atoms with E-state index in [-0.39, 0.29) is 6.79 Å². The lowest BCUT2D eigenvalue weighted by atomic mass is 10.2. The number of hydrogen-bond acceptors (Lipinski definition) is 5. The summed E-state index contributed by atoms with van der Waals surface area (Å²) in [5.41, 5.74) is 3.01. The monoisotopic (exact) mass is 279 g/mol. The van der Waals surface area contributed by atoms with E-state index in [2.05, 4.69) is 34.3 Å². The van der Waals surface area contributed by atoms with Crippen molar-refractivity contribution in [1.29, 1.82) is 0 Å². The maximum atomic E-state index is 5.43. The fourth-order valence-electron chi connectivity index (χ4n) is 2.41. The van der Waals surface area contributed by atoms with Crippen LogP contribution in [-0.2, 0) is 0 Å². The van der Waals surface area contributed by atoms with Crippen molar-refractivity contribution in [1.82, 2.24) is 9.97 Å². The molecule has 104 valence electrons. The minimum absolute atomic E-state index is 0.250. The lowest BCUT2D eigenvalue weighted by molar-refractivity contribution is 0.174. The van der Waals surface area contributed by atoms with Gasteiger partial charge < -0.3 is 14.8 Å². The first-order valence-corrected chi connectivity index (χ1v) is 6.68. The van der Waals surface area contributed by atoms with Gasteiger partial charge in [0.1, 0.15) is 12.1 Å². The van der Waals surface area contributed by atoms with Gasteiger partial charge in [-0.2, -0.15) is 0 Å². The summed E-state index contributed by atoms with van der Waals surface area (Å²) in [5.74, 6) is 2.20. The van der Waals surface area contributed by atoms with Crippen LogP contribution in [0.25, 0.3) is 10.9 Å². The first kappa shape index (κ1) is 12.0. The summed E-state index contributed by atoms with van der Waals surface area (Å²) < 4.78 is 10.8. The van der Waals surface area contributed by atoms with Crippen LogP contribution < -0.4 is 14.8 Å². The third-order valence-electron chi connectivity index (χ3n) is 3.41. The summed E-state index contributed by atoms with van der Waals surface area (Å²) >= 11 is 0. The molecule has 1 N–H and O–H groups in total. The van der Waals surface area contributed by atoms with Crippen molar-refractivity contribution in [2.45, 2.75) is 6.92 Å². The highest BCUT2D eigenvalue weighted by molar-refractivity contribution is 5.93. The molecule has 0 radical (unpaired) electrons.